The van der Waals surface area contributed by atoms with Crippen molar-refractivity contribution in [1.29, 1.82) is 10.5 Å². The van der Waals surface area contributed by atoms with Crippen molar-refractivity contribution >= 4 is 23.0 Å². The van der Waals surface area contributed by atoms with Gasteiger partial charge in [0.05, 0.1) is 35.0 Å². The van der Waals surface area contributed by atoms with Crippen molar-refractivity contribution in [3.05, 3.63) is 89.5 Å². The molecule has 0 saturated carbocycles. The van der Waals surface area contributed by atoms with Gasteiger partial charge in [0.2, 0.25) is 0 Å². The Hall–Kier alpha value is -4.56. The van der Waals surface area contributed by atoms with Crippen molar-refractivity contribution in [2.75, 3.05) is 4.90 Å². The topological polar surface area (TPSA) is 89.5 Å². The number of carbonyl (C=O) groups is 1. The van der Waals surface area contributed by atoms with Gasteiger partial charge in [-0.1, -0.05) is 12.1 Å². The van der Waals surface area contributed by atoms with E-state index >= 15 is 0 Å². The lowest BCUT2D eigenvalue weighted by molar-refractivity contribution is -0.112. The number of rotatable bonds is 5. The molecule has 1 fully saturated rings. The fourth-order valence-corrected chi connectivity index (χ4v) is 3.66. The maximum absolute atomic E-state index is 13.4. The molecule has 1 unspecified atom stereocenters. The minimum Gasteiger partial charge on any atom is -0.435 e. The van der Waals surface area contributed by atoms with Gasteiger partial charge >= 0.3 is 6.61 Å². The summed E-state index contributed by atoms with van der Waals surface area (Å²) in [7, 11) is 0. The summed E-state index contributed by atoms with van der Waals surface area (Å²) in [5.41, 5.74) is 2.89. The molecule has 0 spiro atoms. The fourth-order valence-electron chi connectivity index (χ4n) is 3.66. The summed E-state index contributed by atoms with van der Waals surface area (Å²) >= 11 is 0. The SMILES string of the molecule is N#Cc1ccc(N=C2CC(c3cccc(OC(F)F)c3)N(c3ccc(C#N)cc3)C2=O)cc1. The van der Waals surface area contributed by atoms with E-state index in [4.69, 9.17) is 10.5 Å². The molecule has 0 radical (unpaired) electrons. The van der Waals surface area contributed by atoms with E-state index in [9.17, 15) is 13.6 Å². The van der Waals surface area contributed by atoms with Crippen LogP contribution < -0.4 is 9.64 Å². The quantitative estimate of drug-likeness (QED) is 0.538. The fraction of sp³-hybridized carbons (Fsp3) is 0.120. The molecular formula is C25H16F2N4O2. The van der Waals surface area contributed by atoms with E-state index in [1.54, 1.807) is 60.7 Å². The number of amides is 1. The number of nitriles is 2. The van der Waals surface area contributed by atoms with Gasteiger partial charge in [-0.15, -0.1) is 0 Å². The van der Waals surface area contributed by atoms with Crippen molar-refractivity contribution in [3.8, 4) is 17.9 Å². The summed E-state index contributed by atoms with van der Waals surface area (Å²) in [6, 6.07) is 22.8. The van der Waals surface area contributed by atoms with E-state index in [-0.39, 0.29) is 23.8 Å². The van der Waals surface area contributed by atoms with Crippen LogP contribution in [0.5, 0.6) is 5.75 Å². The Kier molecular flexibility index (Phi) is 6.10. The lowest BCUT2D eigenvalue weighted by Gasteiger charge is -2.25. The molecule has 3 aromatic carbocycles. The number of carbonyl (C=O) groups excluding carboxylic acids is 1. The third-order valence-electron chi connectivity index (χ3n) is 5.17. The van der Waals surface area contributed by atoms with Crippen LogP contribution in [-0.2, 0) is 4.79 Å². The van der Waals surface area contributed by atoms with Gasteiger partial charge in [0.25, 0.3) is 5.91 Å². The number of halogens is 2. The summed E-state index contributed by atoms with van der Waals surface area (Å²) < 4.78 is 29.9. The standard InChI is InChI=1S/C25H16F2N4O2/c26-25(27)33-21-3-1-2-18(12-21)23-13-22(30-19-8-4-16(14-28)5-9-19)24(32)31(23)20-10-6-17(15-29)7-11-20/h1-12,23,25H,13H2. The molecule has 4 rings (SSSR count). The monoisotopic (exact) mass is 442 g/mol. The molecule has 162 valence electrons. The molecule has 8 heteroatoms. The van der Waals surface area contributed by atoms with Crippen LogP contribution in [-0.4, -0.2) is 18.2 Å². The first-order valence-electron chi connectivity index (χ1n) is 9.94. The van der Waals surface area contributed by atoms with Crippen LogP contribution in [0.25, 0.3) is 0 Å². The molecule has 6 nitrogen and oxygen atoms in total. The second-order valence-electron chi connectivity index (χ2n) is 7.22. The van der Waals surface area contributed by atoms with Crippen molar-refractivity contribution in [2.24, 2.45) is 4.99 Å². The second kappa shape index (κ2) is 9.29. The molecule has 1 aliphatic rings. The molecule has 0 N–H and O–H groups in total. The number of benzene rings is 3. The highest BCUT2D eigenvalue weighted by atomic mass is 19.3. The van der Waals surface area contributed by atoms with Crippen molar-refractivity contribution < 1.29 is 18.3 Å². The first kappa shape index (κ1) is 21.7. The minimum atomic E-state index is -2.96. The highest BCUT2D eigenvalue weighted by Crippen LogP contribution is 2.38. The van der Waals surface area contributed by atoms with E-state index in [0.29, 0.717) is 28.1 Å². The number of nitrogens with zero attached hydrogens (tertiary/aromatic N) is 4. The number of alkyl halides is 2. The van der Waals surface area contributed by atoms with Crippen molar-refractivity contribution in [2.45, 2.75) is 19.1 Å². The molecule has 0 aliphatic carbocycles. The average molecular weight is 442 g/mol. The zero-order chi connectivity index (χ0) is 23.4. The van der Waals surface area contributed by atoms with E-state index < -0.39 is 12.7 Å². The van der Waals surface area contributed by atoms with Gasteiger partial charge in [-0.3, -0.25) is 9.69 Å². The van der Waals surface area contributed by atoms with E-state index in [1.165, 1.54) is 17.0 Å². The second-order valence-corrected chi connectivity index (χ2v) is 7.22. The molecule has 3 aromatic rings. The molecule has 1 amide bonds. The van der Waals surface area contributed by atoms with Gasteiger partial charge in [0, 0.05) is 12.1 Å². The predicted molar refractivity (Wildman–Crippen MR) is 117 cm³/mol. The van der Waals surface area contributed by atoms with Crippen molar-refractivity contribution in [3.63, 3.8) is 0 Å². The van der Waals surface area contributed by atoms with Gasteiger partial charge in [0.1, 0.15) is 11.5 Å². The zero-order valence-corrected chi connectivity index (χ0v) is 17.2. The van der Waals surface area contributed by atoms with Crippen LogP contribution in [0, 0.1) is 22.7 Å². The largest absolute Gasteiger partial charge is 0.435 e. The van der Waals surface area contributed by atoms with Crippen LogP contribution in [0.1, 0.15) is 29.2 Å². The molecule has 0 bridgehead atoms. The van der Waals surface area contributed by atoms with Crippen molar-refractivity contribution in [1.82, 2.24) is 0 Å². The molecular weight excluding hydrogens is 426 g/mol. The summed E-state index contributed by atoms with van der Waals surface area (Å²) in [6.45, 7) is -2.96. The van der Waals surface area contributed by atoms with Crippen LogP contribution in [0.15, 0.2) is 77.8 Å². The predicted octanol–water partition coefficient (Wildman–Crippen LogP) is 5.28. The maximum Gasteiger partial charge on any atom is 0.387 e. The van der Waals surface area contributed by atoms with Gasteiger partial charge < -0.3 is 4.74 Å². The average Bonchev–Trinajstić information content (AvgIpc) is 3.15. The third-order valence-corrected chi connectivity index (χ3v) is 5.17. The first-order chi connectivity index (χ1) is 16.0. The summed E-state index contributed by atoms with van der Waals surface area (Å²) in [5.74, 6) is -0.346. The number of ether oxygens (including phenoxy) is 1. The van der Waals surface area contributed by atoms with Crippen LogP contribution >= 0.6 is 0 Å². The number of hydrogen-bond acceptors (Lipinski definition) is 5. The van der Waals surface area contributed by atoms with Gasteiger partial charge in [0.15, 0.2) is 0 Å². The van der Waals surface area contributed by atoms with E-state index in [2.05, 4.69) is 9.73 Å². The summed E-state index contributed by atoms with van der Waals surface area (Å²) in [4.78, 5) is 19.4. The Morgan fingerprint density at radius 1 is 0.970 bits per heavy atom. The third kappa shape index (κ3) is 4.70. The number of hydrogen-bond donors (Lipinski definition) is 0. The number of aliphatic imine (C=N–C) groups is 1. The van der Waals surface area contributed by atoms with E-state index in [0.717, 1.165) is 0 Å². The molecule has 1 heterocycles. The Labute approximate surface area is 188 Å². The lowest BCUT2D eigenvalue weighted by Crippen LogP contribution is -2.29. The molecule has 1 saturated heterocycles. The highest BCUT2D eigenvalue weighted by Gasteiger charge is 2.38. The Balaban J connectivity index is 1.74. The van der Waals surface area contributed by atoms with Crippen LogP contribution in [0.4, 0.5) is 20.2 Å². The summed E-state index contributed by atoms with van der Waals surface area (Å²) in [5, 5.41) is 18.0. The van der Waals surface area contributed by atoms with Gasteiger partial charge in [-0.2, -0.15) is 19.3 Å². The Morgan fingerprint density at radius 2 is 1.61 bits per heavy atom. The molecule has 1 atom stereocenters. The Morgan fingerprint density at radius 3 is 2.21 bits per heavy atom. The smallest absolute Gasteiger partial charge is 0.387 e. The van der Waals surface area contributed by atoms with Gasteiger partial charge in [-0.05, 0) is 66.2 Å². The maximum atomic E-state index is 13.4. The van der Waals surface area contributed by atoms with Gasteiger partial charge in [-0.25, -0.2) is 4.99 Å². The molecule has 33 heavy (non-hydrogen) atoms. The zero-order valence-electron chi connectivity index (χ0n) is 17.2. The minimum absolute atomic E-state index is 0.00721. The highest BCUT2D eigenvalue weighted by molar-refractivity contribution is 6.46. The first-order valence-corrected chi connectivity index (χ1v) is 9.94. The summed E-state index contributed by atoms with van der Waals surface area (Å²) in [6.07, 6.45) is 0.233. The van der Waals surface area contributed by atoms with Crippen LogP contribution in [0.3, 0.4) is 0 Å². The normalized spacial score (nSPS) is 16.6. The molecule has 0 aromatic heterocycles. The lowest BCUT2D eigenvalue weighted by atomic mass is 10.0. The van der Waals surface area contributed by atoms with E-state index in [1.807, 2.05) is 12.1 Å². The van der Waals surface area contributed by atoms with Crippen LogP contribution in [0.2, 0.25) is 0 Å². The Bertz CT molecular complexity index is 1290. The number of anilines is 1. The molecule has 1 aliphatic heterocycles.